The first-order chi connectivity index (χ1) is 5.29. The molecule has 0 spiro atoms. The first-order valence-corrected chi connectivity index (χ1v) is 4.24. The van der Waals surface area contributed by atoms with Gasteiger partial charge in [-0.25, -0.2) is 0 Å². The molecule has 1 aromatic heterocycles. The molecule has 56 valence electrons. The van der Waals surface area contributed by atoms with Gasteiger partial charge in [0.2, 0.25) is 0 Å². The molecule has 1 aromatic carbocycles. The van der Waals surface area contributed by atoms with Gasteiger partial charge < -0.3 is 0 Å². The van der Waals surface area contributed by atoms with E-state index in [-0.39, 0.29) is 0 Å². The molecule has 11 heavy (non-hydrogen) atoms. The number of fused-ring (bicyclic) bond motifs is 1. The van der Waals surface area contributed by atoms with Crippen LogP contribution in [0.1, 0.15) is 11.1 Å². The normalized spacial score (nSPS) is 10.7. The molecule has 2 aromatic rings. The summed E-state index contributed by atoms with van der Waals surface area (Å²) >= 11 is 1.47. The van der Waals surface area contributed by atoms with E-state index in [1.54, 1.807) is 0 Å². The van der Waals surface area contributed by atoms with Gasteiger partial charge in [0.1, 0.15) is 5.52 Å². The van der Waals surface area contributed by atoms with Crippen LogP contribution in [0.5, 0.6) is 0 Å². The quantitative estimate of drug-likeness (QED) is 0.597. The number of aryl methyl sites for hydroxylation is 2. The third-order valence-corrected chi connectivity index (χ3v) is 2.66. The topological polar surface area (TPSA) is 25.8 Å². The molecule has 3 heteroatoms. The minimum Gasteiger partial charge on any atom is -0.138 e. The van der Waals surface area contributed by atoms with Crippen LogP contribution in [0.3, 0.4) is 0 Å². The molecule has 1 heterocycles. The molecule has 0 bridgehead atoms. The standard InChI is InChI=1S/C8H8N2S/c1-5-3-4-6(2)8-7(5)9-10-11-8/h3-4H,1-2H3. The average Bonchev–Trinajstić information content (AvgIpc) is 2.45. The molecule has 0 saturated heterocycles. The predicted octanol–water partition coefficient (Wildman–Crippen LogP) is 2.31. The zero-order valence-electron chi connectivity index (χ0n) is 6.46. The van der Waals surface area contributed by atoms with Crippen LogP contribution in [0.15, 0.2) is 12.1 Å². The predicted molar refractivity (Wildman–Crippen MR) is 46.9 cm³/mol. The van der Waals surface area contributed by atoms with Gasteiger partial charge in [0.15, 0.2) is 0 Å². The Bertz CT molecular complexity index is 356. The highest BCUT2D eigenvalue weighted by atomic mass is 32.1. The Kier molecular flexibility index (Phi) is 1.39. The number of aromatic nitrogens is 2. The maximum Gasteiger partial charge on any atom is 0.109 e. The zero-order valence-corrected chi connectivity index (χ0v) is 7.27. The first-order valence-electron chi connectivity index (χ1n) is 3.47. The van der Waals surface area contributed by atoms with Gasteiger partial charge in [0.25, 0.3) is 0 Å². The Balaban J connectivity index is 2.96. The van der Waals surface area contributed by atoms with Crippen LogP contribution in [-0.2, 0) is 0 Å². The van der Waals surface area contributed by atoms with E-state index in [0.29, 0.717) is 0 Å². The molecule has 0 aliphatic carbocycles. The van der Waals surface area contributed by atoms with Gasteiger partial charge in [0.05, 0.1) is 4.70 Å². The Morgan fingerprint density at radius 1 is 1.18 bits per heavy atom. The van der Waals surface area contributed by atoms with Crippen molar-refractivity contribution in [3.8, 4) is 0 Å². The van der Waals surface area contributed by atoms with Crippen LogP contribution in [0.25, 0.3) is 10.2 Å². The zero-order chi connectivity index (χ0) is 7.84. The molecule has 0 unspecified atom stereocenters. The second-order valence-corrected chi connectivity index (χ2v) is 3.40. The van der Waals surface area contributed by atoms with Gasteiger partial charge in [-0.3, -0.25) is 0 Å². The molecule has 0 radical (unpaired) electrons. The fourth-order valence-corrected chi connectivity index (χ4v) is 1.82. The Morgan fingerprint density at radius 3 is 2.64 bits per heavy atom. The van der Waals surface area contributed by atoms with Gasteiger partial charge in [-0.1, -0.05) is 16.6 Å². The third-order valence-electron chi connectivity index (χ3n) is 1.80. The fraction of sp³-hybridized carbons (Fsp3) is 0.250. The van der Waals surface area contributed by atoms with E-state index in [1.165, 1.54) is 27.4 Å². The van der Waals surface area contributed by atoms with E-state index in [0.717, 1.165) is 5.52 Å². The summed E-state index contributed by atoms with van der Waals surface area (Å²) in [5.74, 6) is 0. The van der Waals surface area contributed by atoms with Crippen LogP contribution in [0.4, 0.5) is 0 Å². The summed E-state index contributed by atoms with van der Waals surface area (Å²) in [6.45, 7) is 4.14. The molecular weight excluding hydrogens is 156 g/mol. The monoisotopic (exact) mass is 164 g/mol. The molecule has 0 N–H and O–H groups in total. The molecule has 0 atom stereocenters. The lowest BCUT2D eigenvalue weighted by molar-refractivity contribution is 1.19. The van der Waals surface area contributed by atoms with E-state index < -0.39 is 0 Å². The van der Waals surface area contributed by atoms with Gasteiger partial charge >= 0.3 is 0 Å². The summed E-state index contributed by atoms with van der Waals surface area (Å²) in [7, 11) is 0. The number of hydrogen-bond donors (Lipinski definition) is 0. The summed E-state index contributed by atoms with van der Waals surface area (Å²) in [6, 6.07) is 4.19. The van der Waals surface area contributed by atoms with Crippen molar-refractivity contribution in [3.05, 3.63) is 23.3 Å². The number of nitrogens with zero attached hydrogens (tertiary/aromatic N) is 2. The van der Waals surface area contributed by atoms with Crippen LogP contribution in [0.2, 0.25) is 0 Å². The summed E-state index contributed by atoms with van der Waals surface area (Å²) < 4.78 is 5.13. The molecule has 0 aliphatic heterocycles. The van der Waals surface area contributed by atoms with Gasteiger partial charge in [0, 0.05) is 0 Å². The van der Waals surface area contributed by atoms with Gasteiger partial charge in [-0.05, 0) is 36.5 Å². The highest BCUT2D eigenvalue weighted by Crippen LogP contribution is 2.22. The van der Waals surface area contributed by atoms with Crippen LogP contribution >= 0.6 is 11.5 Å². The summed E-state index contributed by atoms with van der Waals surface area (Å²) in [6.07, 6.45) is 0. The molecule has 2 nitrogen and oxygen atoms in total. The number of rotatable bonds is 0. The Morgan fingerprint density at radius 2 is 1.91 bits per heavy atom. The number of benzene rings is 1. The van der Waals surface area contributed by atoms with Crippen molar-refractivity contribution < 1.29 is 0 Å². The Labute approximate surface area is 69.0 Å². The van der Waals surface area contributed by atoms with E-state index in [2.05, 4.69) is 35.6 Å². The molecule has 0 aliphatic rings. The SMILES string of the molecule is Cc1ccc(C)c2snnc12. The second-order valence-electron chi connectivity index (χ2n) is 2.65. The fourth-order valence-electron chi connectivity index (χ4n) is 1.11. The van der Waals surface area contributed by atoms with Crippen molar-refractivity contribution in [1.29, 1.82) is 0 Å². The second kappa shape index (κ2) is 2.27. The molecular formula is C8H8N2S. The highest BCUT2D eigenvalue weighted by Gasteiger charge is 2.02. The summed E-state index contributed by atoms with van der Waals surface area (Å²) in [5.41, 5.74) is 3.52. The van der Waals surface area contributed by atoms with Crippen LogP contribution in [0, 0.1) is 13.8 Å². The minimum absolute atomic E-state index is 1.05. The lowest BCUT2D eigenvalue weighted by atomic mass is 10.1. The van der Waals surface area contributed by atoms with Crippen LogP contribution < -0.4 is 0 Å². The van der Waals surface area contributed by atoms with Crippen molar-refractivity contribution in [2.24, 2.45) is 0 Å². The third kappa shape index (κ3) is 0.922. The van der Waals surface area contributed by atoms with Crippen LogP contribution in [-0.4, -0.2) is 9.59 Å². The average molecular weight is 164 g/mol. The molecule has 2 rings (SSSR count). The van der Waals surface area contributed by atoms with E-state index in [4.69, 9.17) is 0 Å². The largest absolute Gasteiger partial charge is 0.138 e. The van der Waals surface area contributed by atoms with Gasteiger partial charge in [-0.15, -0.1) is 5.10 Å². The van der Waals surface area contributed by atoms with Crippen molar-refractivity contribution in [3.63, 3.8) is 0 Å². The van der Waals surface area contributed by atoms with Crippen molar-refractivity contribution >= 4 is 21.7 Å². The lowest BCUT2D eigenvalue weighted by Gasteiger charge is -1.94. The van der Waals surface area contributed by atoms with Gasteiger partial charge in [-0.2, -0.15) is 0 Å². The summed E-state index contributed by atoms with van der Waals surface area (Å²) in [4.78, 5) is 0. The maximum atomic E-state index is 4.05. The summed E-state index contributed by atoms with van der Waals surface area (Å²) in [5, 5.41) is 4.05. The minimum atomic E-state index is 1.05. The lowest BCUT2D eigenvalue weighted by Crippen LogP contribution is -1.78. The van der Waals surface area contributed by atoms with E-state index in [9.17, 15) is 0 Å². The maximum absolute atomic E-state index is 4.05. The first kappa shape index (κ1) is 6.73. The molecule has 0 saturated carbocycles. The number of hydrogen-bond acceptors (Lipinski definition) is 3. The van der Waals surface area contributed by atoms with Crippen molar-refractivity contribution in [1.82, 2.24) is 9.59 Å². The van der Waals surface area contributed by atoms with E-state index >= 15 is 0 Å². The highest BCUT2D eigenvalue weighted by molar-refractivity contribution is 7.13. The van der Waals surface area contributed by atoms with E-state index in [1.807, 2.05) is 0 Å². The molecule has 0 fully saturated rings. The van der Waals surface area contributed by atoms with Crippen molar-refractivity contribution in [2.75, 3.05) is 0 Å². The van der Waals surface area contributed by atoms with Crippen molar-refractivity contribution in [2.45, 2.75) is 13.8 Å². The molecule has 0 amide bonds. The smallest absolute Gasteiger partial charge is 0.109 e. The Hall–Kier alpha value is -0.960.